The summed E-state index contributed by atoms with van der Waals surface area (Å²) in [5.74, 6) is 0.420. The van der Waals surface area contributed by atoms with Crippen molar-refractivity contribution in [1.29, 1.82) is 0 Å². The van der Waals surface area contributed by atoms with Crippen LogP contribution in [0.4, 0.5) is 0 Å². The fourth-order valence-electron chi connectivity index (χ4n) is 2.58. The van der Waals surface area contributed by atoms with E-state index in [2.05, 4.69) is 10.1 Å². The zero-order valence-electron chi connectivity index (χ0n) is 11.1. The highest BCUT2D eigenvalue weighted by Gasteiger charge is 2.33. The lowest BCUT2D eigenvalue weighted by molar-refractivity contribution is 0.0713. The molecule has 2 aromatic rings. The van der Waals surface area contributed by atoms with E-state index in [1.165, 1.54) is 18.5 Å². The number of carbonyl (C=O) groups is 1. The molecule has 0 aliphatic carbocycles. The number of likely N-dealkylation sites (tertiary alicyclic amines) is 1. The molecule has 1 fully saturated rings. The van der Waals surface area contributed by atoms with Gasteiger partial charge in [0.1, 0.15) is 5.56 Å². The molecule has 1 aliphatic rings. The predicted octanol–water partition coefficient (Wildman–Crippen LogP) is 1.65. The van der Waals surface area contributed by atoms with Gasteiger partial charge >= 0.3 is 0 Å². The summed E-state index contributed by atoms with van der Waals surface area (Å²) >= 11 is 0. The van der Waals surface area contributed by atoms with E-state index >= 15 is 0 Å². The number of nitrogens with one attached hydrogen (secondary N) is 1. The van der Waals surface area contributed by atoms with Gasteiger partial charge in [-0.15, -0.1) is 0 Å². The lowest BCUT2D eigenvalue weighted by Gasteiger charge is -2.22. The van der Waals surface area contributed by atoms with E-state index in [0.717, 1.165) is 18.5 Å². The van der Waals surface area contributed by atoms with Crippen LogP contribution in [0.15, 0.2) is 33.8 Å². The second-order valence-electron chi connectivity index (χ2n) is 4.95. The molecular formula is C14H15N3O3. The Morgan fingerprint density at radius 1 is 1.55 bits per heavy atom. The number of H-pyrrole nitrogens is 1. The van der Waals surface area contributed by atoms with Gasteiger partial charge in [0.05, 0.1) is 11.7 Å². The monoisotopic (exact) mass is 273 g/mol. The minimum atomic E-state index is -0.270. The van der Waals surface area contributed by atoms with E-state index < -0.39 is 0 Å². The fraction of sp³-hybridized carbons (Fsp3) is 0.357. The Morgan fingerprint density at radius 2 is 2.40 bits per heavy atom. The molecule has 0 radical (unpaired) electrons. The van der Waals surface area contributed by atoms with Crippen molar-refractivity contribution < 1.29 is 9.32 Å². The largest absolute Gasteiger partial charge is 0.367 e. The van der Waals surface area contributed by atoms with Gasteiger partial charge in [0.2, 0.25) is 0 Å². The molecule has 3 heterocycles. The van der Waals surface area contributed by atoms with Crippen LogP contribution in [0.25, 0.3) is 0 Å². The number of rotatable bonds is 2. The highest BCUT2D eigenvalue weighted by Crippen LogP contribution is 2.32. The molecule has 0 spiro atoms. The molecule has 0 aromatic carbocycles. The first-order chi connectivity index (χ1) is 9.66. The van der Waals surface area contributed by atoms with Crippen LogP contribution < -0.4 is 5.43 Å². The number of hydrogen-bond donors (Lipinski definition) is 1. The topological polar surface area (TPSA) is 79.2 Å². The highest BCUT2D eigenvalue weighted by molar-refractivity contribution is 5.94. The molecule has 0 saturated carbocycles. The quantitative estimate of drug-likeness (QED) is 0.902. The number of amides is 1. The number of carbonyl (C=O) groups excluding carboxylic acids is 1. The summed E-state index contributed by atoms with van der Waals surface area (Å²) in [6.07, 6.45) is 4.68. The second-order valence-corrected chi connectivity index (χ2v) is 4.95. The summed E-state index contributed by atoms with van der Waals surface area (Å²) < 4.78 is 5.26. The lowest BCUT2D eigenvalue weighted by Crippen LogP contribution is -2.33. The molecule has 20 heavy (non-hydrogen) atoms. The van der Waals surface area contributed by atoms with E-state index in [-0.39, 0.29) is 22.9 Å². The standard InChI is InChI=1S/C14H15N3O3/c1-9-7-13(20-16-9)11-3-2-6-17(11)14(19)10-8-15-5-4-12(10)18/h4-5,7-8,11H,2-3,6H2,1H3,(H,15,18). The summed E-state index contributed by atoms with van der Waals surface area (Å²) in [5, 5.41) is 3.86. The van der Waals surface area contributed by atoms with Crippen molar-refractivity contribution in [1.82, 2.24) is 15.0 Å². The van der Waals surface area contributed by atoms with Crippen molar-refractivity contribution in [2.24, 2.45) is 0 Å². The number of hydrogen-bond acceptors (Lipinski definition) is 4. The van der Waals surface area contributed by atoms with Crippen LogP contribution in [0.3, 0.4) is 0 Å². The van der Waals surface area contributed by atoms with Crippen LogP contribution in [0.5, 0.6) is 0 Å². The van der Waals surface area contributed by atoms with Crippen LogP contribution >= 0.6 is 0 Å². The zero-order valence-corrected chi connectivity index (χ0v) is 11.1. The number of nitrogens with zero attached hydrogens (tertiary/aromatic N) is 2. The minimum Gasteiger partial charge on any atom is -0.367 e. The van der Waals surface area contributed by atoms with E-state index in [1.807, 2.05) is 13.0 Å². The number of pyridine rings is 1. The van der Waals surface area contributed by atoms with Gasteiger partial charge in [0.15, 0.2) is 11.2 Å². The highest BCUT2D eigenvalue weighted by atomic mass is 16.5. The Hall–Kier alpha value is -2.37. The Bertz CT molecular complexity index is 689. The fourth-order valence-corrected chi connectivity index (χ4v) is 2.58. The van der Waals surface area contributed by atoms with Crippen LogP contribution in [0.1, 0.15) is 40.7 Å². The Balaban J connectivity index is 1.91. The normalized spacial score (nSPS) is 18.4. The van der Waals surface area contributed by atoms with Crippen LogP contribution in [0.2, 0.25) is 0 Å². The summed E-state index contributed by atoms with van der Waals surface area (Å²) in [5.41, 5.74) is 0.681. The van der Waals surface area contributed by atoms with E-state index in [1.54, 1.807) is 4.90 Å². The zero-order chi connectivity index (χ0) is 14.1. The minimum absolute atomic E-state index is 0.136. The first-order valence-corrected chi connectivity index (χ1v) is 6.58. The molecule has 1 unspecified atom stereocenters. The van der Waals surface area contributed by atoms with Crippen LogP contribution in [0, 0.1) is 6.92 Å². The van der Waals surface area contributed by atoms with E-state index in [9.17, 15) is 9.59 Å². The van der Waals surface area contributed by atoms with E-state index in [0.29, 0.717) is 12.3 Å². The van der Waals surface area contributed by atoms with Gasteiger partial charge < -0.3 is 14.4 Å². The average Bonchev–Trinajstić information content (AvgIpc) is 3.06. The van der Waals surface area contributed by atoms with Crippen molar-refractivity contribution in [2.75, 3.05) is 6.54 Å². The van der Waals surface area contributed by atoms with Gasteiger partial charge in [-0.2, -0.15) is 0 Å². The first kappa shape index (κ1) is 12.7. The molecule has 1 saturated heterocycles. The summed E-state index contributed by atoms with van der Waals surface area (Å²) in [7, 11) is 0. The molecular weight excluding hydrogens is 258 g/mol. The summed E-state index contributed by atoms with van der Waals surface area (Å²) in [6, 6.07) is 3.06. The maximum atomic E-state index is 12.5. The third-order valence-electron chi connectivity index (χ3n) is 3.54. The molecule has 104 valence electrons. The van der Waals surface area contributed by atoms with Crippen molar-refractivity contribution in [3.8, 4) is 0 Å². The van der Waals surface area contributed by atoms with Crippen molar-refractivity contribution in [2.45, 2.75) is 25.8 Å². The average molecular weight is 273 g/mol. The molecule has 2 aromatic heterocycles. The number of aromatic nitrogens is 2. The van der Waals surface area contributed by atoms with E-state index in [4.69, 9.17) is 4.52 Å². The van der Waals surface area contributed by atoms with Gasteiger partial charge in [-0.25, -0.2) is 0 Å². The molecule has 1 amide bonds. The predicted molar refractivity (Wildman–Crippen MR) is 71.3 cm³/mol. The van der Waals surface area contributed by atoms with Crippen molar-refractivity contribution >= 4 is 5.91 Å². The van der Waals surface area contributed by atoms with Gasteiger partial charge in [-0.3, -0.25) is 9.59 Å². The van der Waals surface area contributed by atoms with Gasteiger partial charge in [0.25, 0.3) is 5.91 Å². The third kappa shape index (κ3) is 2.13. The lowest BCUT2D eigenvalue weighted by atomic mass is 10.1. The first-order valence-electron chi connectivity index (χ1n) is 6.58. The Kier molecular flexibility index (Phi) is 3.14. The van der Waals surface area contributed by atoms with Crippen molar-refractivity contribution in [3.63, 3.8) is 0 Å². The number of aryl methyl sites for hydroxylation is 1. The Labute approximate surface area is 115 Å². The molecule has 1 atom stereocenters. The smallest absolute Gasteiger partial charge is 0.259 e. The number of aromatic amines is 1. The van der Waals surface area contributed by atoms with Gasteiger partial charge in [-0.05, 0) is 19.8 Å². The van der Waals surface area contributed by atoms with Crippen LogP contribution in [-0.4, -0.2) is 27.5 Å². The van der Waals surface area contributed by atoms with Gasteiger partial charge in [-0.1, -0.05) is 5.16 Å². The molecule has 3 rings (SSSR count). The van der Waals surface area contributed by atoms with Crippen molar-refractivity contribution in [3.05, 3.63) is 51.8 Å². The molecule has 6 heteroatoms. The molecule has 1 N–H and O–H groups in total. The molecule has 6 nitrogen and oxygen atoms in total. The second kappa shape index (κ2) is 4.96. The maximum absolute atomic E-state index is 12.5. The maximum Gasteiger partial charge on any atom is 0.259 e. The van der Waals surface area contributed by atoms with Crippen LogP contribution in [-0.2, 0) is 0 Å². The Morgan fingerprint density at radius 3 is 3.10 bits per heavy atom. The third-order valence-corrected chi connectivity index (χ3v) is 3.54. The SMILES string of the molecule is Cc1cc(C2CCCN2C(=O)c2c[nH]ccc2=O)on1. The van der Waals surface area contributed by atoms with Gasteiger partial charge in [0, 0.05) is 31.1 Å². The summed E-state index contributed by atoms with van der Waals surface area (Å²) in [6.45, 7) is 2.47. The molecule has 0 bridgehead atoms. The molecule has 1 aliphatic heterocycles. The summed E-state index contributed by atoms with van der Waals surface area (Å²) in [4.78, 5) is 28.7.